The third kappa shape index (κ3) is 7.03. The van der Waals surface area contributed by atoms with E-state index in [1.54, 1.807) is 0 Å². The molecule has 4 rings (SSSR count). The SMILES string of the molecule is O=S(=O)(O)c1ccc(O)c(N=Nc2c(S(=O)(=O)O)cc3c(S(=O)(=O)O)c(Nc4nc(Cl)nc(Cl)n4)ccc3c2O)c1.[Cu]. The van der Waals surface area contributed by atoms with Gasteiger partial charge in [-0.15, -0.1) is 10.2 Å². The summed E-state index contributed by atoms with van der Waals surface area (Å²) in [6, 6.07) is 4.90. The minimum atomic E-state index is -5.32. The minimum absolute atomic E-state index is 0. The molecule has 0 spiro atoms. The molecule has 0 unspecified atom stereocenters. The van der Waals surface area contributed by atoms with Gasteiger partial charge in [0.25, 0.3) is 30.4 Å². The van der Waals surface area contributed by atoms with Crippen LogP contribution in [0.2, 0.25) is 10.6 Å². The van der Waals surface area contributed by atoms with Crippen molar-refractivity contribution in [3.63, 3.8) is 0 Å². The van der Waals surface area contributed by atoms with Crippen LogP contribution in [0.25, 0.3) is 10.8 Å². The molecule has 0 saturated carbocycles. The Morgan fingerprint density at radius 1 is 0.738 bits per heavy atom. The van der Waals surface area contributed by atoms with Crippen LogP contribution in [0.3, 0.4) is 0 Å². The van der Waals surface area contributed by atoms with Gasteiger partial charge < -0.3 is 15.5 Å². The van der Waals surface area contributed by atoms with E-state index in [1.165, 1.54) is 0 Å². The predicted molar refractivity (Wildman–Crippen MR) is 140 cm³/mol. The number of phenolic OH excluding ortho intramolecular Hbond substituents is 2. The average molecular weight is 731 g/mol. The number of phenols is 2. The van der Waals surface area contributed by atoms with Crippen LogP contribution in [0, 0.1) is 0 Å². The van der Waals surface area contributed by atoms with Crippen LogP contribution in [-0.2, 0) is 47.4 Å². The van der Waals surface area contributed by atoms with E-state index in [0.717, 1.165) is 24.3 Å². The zero-order valence-electron chi connectivity index (χ0n) is 19.7. The van der Waals surface area contributed by atoms with Gasteiger partial charge in [-0.1, -0.05) is 0 Å². The largest absolute Gasteiger partial charge is 0.506 e. The van der Waals surface area contributed by atoms with Crippen molar-refractivity contribution in [1.29, 1.82) is 0 Å². The van der Waals surface area contributed by atoms with Crippen molar-refractivity contribution in [2.45, 2.75) is 14.7 Å². The van der Waals surface area contributed by atoms with E-state index in [4.69, 9.17) is 23.2 Å². The van der Waals surface area contributed by atoms with E-state index in [2.05, 4.69) is 30.5 Å². The third-order valence-electron chi connectivity index (χ3n) is 5.05. The molecule has 0 bridgehead atoms. The summed E-state index contributed by atoms with van der Waals surface area (Å²) in [5.74, 6) is -2.15. The van der Waals surface area contributed by atoms with Crippen molar-refractivity contribution in [2.24, 2.45) is 10.2 Å². The second-order valence-corrected chi connectivity index (χ2v) is 12.6. The molecule has 0 saturated heterocycles. The molecule has 23 heteroatoms. The summed E-state index contributed by atoms with van der Waals surface area (Å²) in [6.07, 6.45) is 0. The summed E-state index contributed by atoms with van der Waals surface area (Å²) < 4.78 is 101. The fourth-order valence-electron chi connectivity index (χ4n) is 3.41. The molecule has 0 aliphatic rings. The van der Waals surface area contributed by atoms with Crippen LogP contribution in [-0.4, -0.2) is 64.1 Å². The van der Waals surface area contributed by atoms with Gasteiger partial charge >= 0.3 is 0 Å². The molecular formula is C19H12Cl2CuN6O11S3. The molecule has 1 heterocycles. The number of azo groups is 1. The van der Waals surface area contributed by atoms with E-state index < -0.39 is 101 Å². The maximum absolute atomic E-state index is 12.4. The van der Waals surface area contributed by atoms with Crippen LogP contribution in [0.5, 0.6) is 11.5 Å². The number of hydrogen-bond donors (Lipinski definition) is 6. The van der Waals surface area contributed by atoms with Gasteiger partial charge in [-0.2, -0.15) is 40.2 Å². The Morgan fingerprint density at radius 3 is 1.90 bits per heavy atom. The molecule has 0 aliphatic heterocycles. The van der Waals surface area contributed by atoms with Crippen LogP contribution in [0.15, 0.2) is 61.3 Å². The first-order chi connectivity index (χ1) is 18.9. The molecule has 6 N–H and O–H groups in total. The number of nitrogens with zero attached hydrogens (tertiary/aromatic N) is 5. The predicted octanol–water partition coefficient (Wildman–Crippen LogP) is 3.64. The third-order valence-corrected chi connectivity index (χ3v) is 8.06. The number of aromatic hydroxyl groups is 2. The summed E-state index contributed by atoms with van der Waals surface area (Å²) in [5.41, 5.74) is -2.05. The van der Waals surface area contributed by atoms with Gasteiger partial charge in [0.15, 0.2) is 5.75 Å². The number of aromatic nitrogens is 3. The molecule has 0 amide bonds. The molecule has 1 aromatic heterocycles. The second kappa shape index (κ2) is 11.8. The topological polar surface area (TPSA) is 279 Å². The Kier molecular flexibility index (Phi) is 9.34. The maximum Gasteiger partial charge on any atom is 0.297 e. The molecular weight excluding hydrogens is 719 g/mol. The van der Waals surface area contributed by atoms with E-state index >= 15 is 0 Å². The Hall–Kier alpha value is -3.24. The maximum atomic E-state index is 12.4. The summed E-state index contributed by atoms with van der Waals surface area (Å²) >= 11 is 11.4. The van der Waals surface area contributed by atoms with Crippen LogP contribution in [0.4, 0.5) is 23.0 Å². The number of anilines is 2. The molecule has 42 heavy (non-hydrogen) atoms. The molecule has 0 fully saturated rings. The van der Waals surface area contributed by atoms with E-state index in [0.29, 0.717) is 12.1 Å². The minimum Gasteiger partial charge on any atom is -0.506 e. The Balaban J connectivity index is 0.00000484. The summed E-state index contributed by atoms with van der Waals surface area (Å²) in [6.45, 7) is 0. The first kappa shape index (κ1) is 33.3. The molecule has 4 aromatic rings. The number of halogens is 2. The van der Waals surface area contributed by atoms with E-state index in [1.807, 2.05) is 0 Å². The Morgan fingerprint density at radius 2 is 1.36 bits per heavy atom. The number of hydrogen-bond acceptors (Lipinski definition) is 14. The van der Waals surface area contributed by atoms with Crippen LogP contribution < -0.4 is 5.32 Å². The molecule has 227 valence electrons. The monoisotopic (exact) mass is 729 g/mol. The summed E-state index contributed by atoms with van der Waals surface area (Å²) in [5, 5.41) is 28.4. The van der Waals surface area contributed by atoms with Gasteiger partial charge in [0.05, 0.1) is 10.6 Å². The number of nitrogens with one attached hydrogen (secondary N) is 1. The van der Waals surface area contributed by atoms with E-state index in [-0.39, 0.29) is 17.1 Å². The van der Waals surface area contributed by atoms with Gasteiger partial charge in [-0.3, -0.25) is 13.7 Å². The van der Waals surface area contributed by atoms with Crippen molar-refractivity contribution in [2.75, 3.05) is 5.32 Å². The van der Waals surface area contributed by atoms with Gasteiger partial charge in [-0.25, -0.2) is 0 Å². The smallest absolute Gasteiger partial charge is 0.297 e. The quantitative estimate of drug-likeness (QED) is 0.0899. The second-order valence-electron chi connectivity index (χ2n) is 7.71. The molecule has 3 aromatic carbocycles. The van der Waals surface area contributed by atoms with Crippen LogP contribution in [0.1, 0.15) is 0 Å². The summed E-state index contributed by atoms with van der Waals surface area (Å²) in [4.78, 5) is 7.94. The molecule has 1 radical (unpaired) electrons. The van der Waals surface area contributed by atoms with Crippen molar-refractivity contribution in [1.82, 2.24) is 15.0 Å². The fourth-order valence-corrected chi connectivity index (χ4v) is 5.77. The number of rotatable bonds is 7. The number of benzene rings is 3. The fraction of sp³-hybridized carbons (Fsp3) is 0. The zero-order valence-corrected chi connectivity index (χ0v) is 24.6. The Bertz CT molecular complexity index is 2100. The molecule has 0 aliphatic carbocycles. The van der Waals surface area contributed by atoms with Gasteiger partial charge in [0.1, 0.15) is 26.9 Å². The molecule has 0 atom stereocenters. The van der Waals surface area contributed by atoms with Gasteiger partial charge in [-0.05, 0) is 59.6 Å². The van der Waals surface area contributed by atoms with E-state index in [9.17, 15) is 49.1 Å². The zero-order chi connectivity index (χ0) is 30.5. The van der Waals surface area contributed by atoms with Crippen molar-refractivity contribution >= 4 is 87.3 Å². The van der Waals surface area contributed by atoms with Gasteiger partial charge in [0.2, 0.25) is 16.5 Å². The van der Waals surface area contributed by atoms with Gasteiger partial charge in [0, 0.05) is 27.8 Å². The van der Waals surface area contributed by atoms with Crippen LogP contribution >= 0.6 is 23.2 Å². The van der Waals surface area contributed by atoms with Crippen molar-refractivity contribution < 1.29 is 66.2 Å². The Labute approximate surface area is 256 Å². The normalized spacial score (nSPS) is 12.4. The standard InChI is InChI=1S/C19H12Cl2N6O11S3.Cu/c20-17-23-18(21)25-19(24-17)22-10-3-2-8-9(16(10)41(36,37)38)6-13(40(33,34)35)14(15(8)29)27-26-11-5-7(39(30,31)32)1-4-12(11)28;/h1-6,28-29H,(H,30,31,32)(H,33,34,35)(H,36,37,38)(H,22,23,24,25);. The number of fused-ring (bicyclic) bond motifs is 1. The van der Waals surface area contributed by atoms with Crippen molar-refractivity contribution in [3.8, 4) is 11.5 Å². The first-order valence-corrected chi connectivity index (χ1v) is 15.3. The average Bonchev–Trinajstić information content (AvgIpc) is 2.81. The first-order valence-electron chi connectivity index (χ1n) is 10.2. The summed E-state index contributed by atoms with van der Waals surface area (Å²) in [7, 11) is -15.3. The molecule has 17 nitrogen and oxygen atoms in total. The van der Waals surface area contributed by atoms with Crippen molar-refractivity contribution in [3.05, 3.63) is 47.0 Å².